The first-order chi connectivity index (χ1) is 12.7. The monoisotopic (exact) mass is 373 g/mol. The van der Waals surface area contributed by atoms with E-state index in [-0.39, 0.29) is 12.4 Å². The first-order valence-electron chi connectivity index (χ1n) is 8.07. The van der Waals surface area contributed by atoms with Gasteiger partial charge in [0.15, 0.2) is 17.3 Å². The highest BCUT2D eigenvalue weighted by Crippen LogP contribution is 2.38. The molecule has 3 aromatic rings. The van der Waals surface area contributed by atoms with Gasteiger partial charge >= 0.3 is 0 Å². The van der Waals surface area contributed by atoms with Crippen LogP contribution >= 0.6 is 11.6 Å². The number of carbonyl (C=O) groups is 1. The molecule has 134 valence electrons. The lowest BCUT2D eigenvalue weighted by molar-refractivity contribution is 0.0992. The Morgan fingerprint density at radius 3 is 2.69 bits per heavy atom. The van der Waals surface area contributed by atoms with Crippen LogP contribution in [0.4, 0.5) is 5.69 Å². The van der Waals surface area contributed by atoms with E-state index in [1.54, 1.807) is 19.2 Å². The molecule has 1 aliphatic heterocycles. The highest BCUT2D eigenvalue weighted by molar-refractivity contribution is 6.34. The summed E-state index contributed by atoms with van der Waals surface area (Å²) in [6.07, 6.45) is 0. The molecule has 0 bridgehead atoms. The molecule has 0 saturated heterocycles. The topological polar surface area (TPSA) is 69.9 Å². The van der Waals surface area contributed by atoms with Crippen LogP contribution in [-0.4, -0.2) is 26.2 Å². The fraction of sp³-hybridized carbons (Fsp3) is 0.211. The van der Waals surface area contributed by atoms with Crippen molar-refractivity contribution in [2.45, 2.75) is 6.61 Å². The second kappa shape index (κ2) is 6.90. The van der Waals surface area contributed by atoms with Crippen molar-refractivity contribution in [3.63, 3.8) is 0 Å². The fourth-order valence-electron chi connectivity index (χ4n) is 2.91. The highest BCUT2D eigenvalue weighted by atomic mass is 35.5. The predicted molar refractivity (Wildman–Crippen MR) is 97.3 cm³/mol. The zero-order chi connectivity index (χ0) is 18.1. The van der Waals surface area contributed by atoms with Crippen molar-refractivity contribution in [1.82, 2.24) is 0 Å². The average Bonchev–Trinajstić information content (AvgIpc) is 3.01. The second-order valence-electron chi connectivity index (χ2n) is 5.77. The molecule has 0 atom stereocenters. The van der Waals surface area contributed by atoms with Crippen molar-refractivity contribution in [1.29, 1.82) is 0 Å². The third kappa shape index (κ3) is 2.98. The third-order valence-electron chi connectivity index (χ3n) is 4.07. The van der Waals surface area contributed by atoms with Crippen LogP contribution < -0.4 is 14.8 Å². The molecule has 1 aliphatic rings. The first-order valence-corrected chi connectivity index (χ1v) is 8.45. The van der Waals surface area contributed by atoms with Crippen LogP contribution in [0.25, 0.3) is 11.0 Å². The number of carbonyl (C=O) groups excluding carboxylic acids is 1. The van der Waals surface area contributed by atoms with Crippen LogP contribution in [0.15, 0.2) is 40.8 Å². The Morgan fingerprint density at radius 2 is 1.92 bits per heavy atom. The van der Waals surface area contributed by atoms with E-state index in [2.05, 4.69) is 5.32 Å². The summed E-state index contributed by atoms with van der Waals surface area (Å²) in [7, 11) is 1.57. The Balaban J connectivity index is 1.69. The van der Waals surface area contributed by atoms with Gasteiger partial charge in [0.2, 0.25) is 0 Å². The van der Waals surface area contributed by atoms with Gasteiger partial charge in [-0.25, -0.2) is 0 Å². The van der Waals surface area contributed by atoms with Crippen LogP contribution in [-0.2, 0) is 11.3 Å². The molecule has 2 aromatic carbocycles. The fourth-order valence-corrected chi connectivity index (χ4v) is 3.11. The van der Waals surface area contributed by atoms with E-state index in [0.29, 0.717) is 46.6 Å². The lowest BCUT2D eigenvalue weighted by Gasteiger charge is -2.19. The van der Waals surface area contributed by atoms with Crippen molar-refractivity contribution in [2.75, 3.05) is 25.6 Å². The Bertz CT molecular complexity index is 981. The molecule has 1 amide bonds. The Labute approximate surface area is 154 Å². The molecule has 0 spiro atoms. The summed E-state index contributed by atoms with van der Waals surface area (Å²) in [5.74, 6) is 0.881. The average molecular weight is 374 g/mol. The molecule has 4 rings (SSSR count). The first kappa shape index (κ1) is 16.8. The lowest BCUT2D eigenvalue weighted by atomic mass is 10.1. The summed E-state index contributed by atoms with van der Waals surface area (Å²) in [5.41, 5.74) is 1.73. The number of para-hydroxylation sites is 1. The molecular weight excluding hydrogens is 358 g/mol. The van der Waals surface area contributed by atoms with Gasteiger partial charge in [0.25, 0.3) is 5.91 Å². The van der Waals surface area contributed by atoms with E-state index in [1.807, 2.05) is 24.3 Å². The van der Waals surface area contributed by atoms with E-state index in [0.717, 1.165) is 5.39 Å². The number of amides is 1. The lowest BCUT2D eigenvalue weighted by Crippen LogP contribution is -2.17. The van der Waals surface area contributed by atoms with E-state index < -0.39 is 5.91 Å². The molecule has 26 heavy (non-hydrogen) atoms. The Hall–Kier alpha value is -2.70. The predicted octanol–water partition coefficient (Wildman–Crippen LogP) is 4.26. The number of anilines is 1. The van der Waals surface area contributed by atoms with Crippen molar-refractivity contribution in [2.24, 2.45) is 0 Å². The zero-order valence-corrected chi connectivity index (χ0v) is 14.8. The third-order valence-corrected chi connectivity index (χ3v) is 4.39. The Morgan fingerprint density at radius 1 is 1.19 bits per heavy atom. The number of ether oxygens (including phenoxy) is 3. The molecule has 2 heterocycles. The van der Waals surface area contributed by atoms with Gasteiger partial charge in [-0.2, -0.15) is 0 Å². The summed E-state index contributed by atoms with van der Waals surface area (Å²) in [4.78, 5) is 12.8. The molecule has 0 aliphatic carbocycles. The molecule has 0 unspecified atom stereocenters. The number of methoxy groups -OCH3 is 1. The van der Waals surface area contributed by atoms with Gasteiger partial charge in [-0.15, -0.1) is 0 Å². The summed E-state index contributed by atoms with van der Waals surface area (Å²) in [6.45, 7) is 1.17. The largest absolute Gasteiger partial charge is 0.486 e. The van der Waals surface area contributed by atoms with Gasteiger partial charge in [0.1, 0.15) is 18.8 Å². The Kier molecular flexibility index (Phi) is 4.44. The normalized spacial score (nSPS) is 13.0. The molecule has 0 radical (unpaired) electrons. The van der Waals surface area contributed by atoms with Crippen molar-refractivity contribution in [3.05, 3.63) is 52.7 Å². The molecule has 1 N–H and O–H groups in total. The molecule has 0 fully saturated rings. The highest BCUT2D eigenvalue weighted by Gasteiger charge is 2.22. The SMILES string of the molecule is COCc1c(C(=O)Nc2cc3c(cc2Cl)OCCO3)oc2ccccc12. The van der Waals surface area contributed by atoms with E-state index in [4.69, 9.17) is 30.2 Å². The van der Waals surface area contributed by atoms with Gasteiger partial charge in [-0.1, -0.05) is 29.8 Å². The van der Waals surface area contributed by atoms with Gasteiger partial charge in [0, 0.05) is 30.2 Å². The summed E-state index contributed by atoms with van der Waals surface area (Å²) >= 11 is 6.27. The van der Waals surface area contributed by atoms with Gasteiger partial charge in [-0.3, -0.25) is 4.79 Å². The minimum absolute atomic E-state index is 0.194. The number of halogens is 1. The number of rotatable bonds is 4. The molecule has 6 nitrogen and oxygen atoms in total. The van der Waals surface area contributed by atoms with Crippen molar-refractivity contribution in [3.8, 4) is 11.5 Å². The maximum Gasteiger partial charge on any atom is 0.291 e. The van der Waals surface area contributed by atoms with Gasteiger partial charge < -0.3 is 23.9 Å². The number of hydrogen-bond donors (Lipinski definition) is 1. The number of nitrogens with one attached hydrogen (secondary N) is 1. The van der Waals surface area contributed by atoms with Crippen LogP contribution in [0.2, 0.25) is 5.02 Å². The van der Waals surface area contributed by atoms with Gasteiger partial charge in [-0.05, 0) is 6.07 Å². The summed E-state index contributed by atoms with van der Waals surface area (Å²) in [5, 5.41) is 3.97. The molecule has 1 aromatic heterocycles. The number of benzene rings is 2. The molecular formula is C19H16ClNO5. The number of hydrogen-bond acceptors (Lipinski definition) is 5. The number of furan rings is 1. The van der Waals surface area contributed by atoms with Crippen LogP contribution in [0, 0.1) is 0 Å². The summed E-state index contributed by atoms with van der Waals surface area (Å²) < 4.78 is 22.0. The van der Waals surface area contributed by atoms with Crippen molar-refractivity contribution >= 4 is 34.2 Å². The van der Waals surface area contributed by atoms with Crippen molar-refractivity contribution < 1.29 is 23.4 Å². The van der Waals surface area contributed by atoms with E-state index >= 15 is 0 Å². The number of fused-ring (bicyclic) bond motifs is 2. The minimum Gasteiger partial charge on any atom is -0.486 e. The minimum atomic E-state index is -0.410. The second-order valence-corrected chi connectivity index (χ2v) is 6.18. The van der Waals surface area contributed by atoms with Crippen LogP contribution in [0.3, 0.4) is 0 Å². The molecule has 7 heteroatoms. The zero-order valence-electron chi connectivity index (χ0n) is 14.0. The van der Waals surface area contributed by atoms with E-state index in [9.17, 15) is 4.79 Å². The van der Waals surface area contributed by atoms with Gasteiger partial charge in [0.05, 0.1) is 17.3 Å². The quantitative estimate of drug-likeness (QED) is 0.740. The van der Waals surface area contributed by atoms with Crippen LogP contribution in [0.5, 0.6) is 11.5 Å². The standard InChI is InChI=1S/C19H16ClNO5/c1-23-10-12-11-4-2-3-5-15(11)26-18(12)19(22)21-14-9-17-16(8-13(14)20)24-6-7-25-17/h2-5,8-9H,6-7,10H2,1H3,(H,21,22). The van der Waals surface area contributed by atoms with Crippen LogP contribution in [0.1, 0.15) is 16.1 Å². The smallest absolute Gasteiger partial charge is 0.291 e. The molecule has 0 saturated carbocycles. The van der Waals surface area contributed by atoms with E-state index in [1.165, 1.54) is 0 Å². The summed E-state index contributed by atoms with van der Waals surface area (Å²) in [6, 6.07) is 10.7. The maximum atomic E-state index is 12.8. The maximum absolute atomic E-state index is 12.8.